The predicted molar refractivity (Wildman–Crippen MR) is 92.6 cm³/mol. The molecule has 0 aromatic heterocycles. The van der Waals surface area contributed by atoms with Gasteiger partial charge in [0.25, 0.3) is 5.91 Å². The van der Waals surface area contributed by atoms with Gasteiger partial charge in [-0.2, -0.15) is 0 Å². The van der Waals surface area contributed by atoms with Crippen LogP contribution in [0.3, 0.4) is 0 Å². The Morgan fingerprint density at radius 1 is 1.41 bits per heavy atom. The zero-order chi connectivity index (χ0) is 16.1. The molecule has 1 amide bonds. The van der Waals surface area contributed by atoms with Crippen LogP contribution in [0.1, 0.15) is 55.1 Å². The smallest absolute Gasteiger partial charge is 0.250 e. The first-order valence-electron chi connectivity index (χ1n) is 8.50. The van der Waals surface area contributed by atoms with Crippen molar-refractivity contribution in [1.82, 2.24) is 5.32 Å². The van der Waals surface area contributed by atoms with Gasteiger partial charge in [-0.1, -0.05) is 26.3 Å². The molecule has 1 heterocycles. The second-order valence-corrected chi connectivity index (χ2v) is 6.27. The minimum absolute atomic E-state index is 0.308. The van der Waals surface area contributed by atoms with Gasteiger partial charge in [-0.05, 0) is 49.9 Å². The van der Waals surface area contributed by atoms with Crippen LogP contribution in [0.2, 0.25) is 0 Å². The molecule has 3 N–H and O–H groups in total. The van der Waals surface area contributed by atoms with Gasteiger partial charge in [-0.25, -0.2) is 0 Å². The van der Waals surface area contributed by atoms with E-state index in [2.05, 4.69) is 37.1 Å². The molecule has 1 aliphatic rings. The first-order valence-corrected chi connectivity index (χ1v) is 8.50. The van der Waals surface area contributed by atoms with Crippen molar-refractivity contribution in [3.63, 3.8) is 0 Å². The molecule has 0 radical (unpaired) electrons. The number of unbranched alkanes of at least 4 members (excludes halogenated alkanes) is 1. The van der Waals surface area contributed by atoms with Gasteiger partial charge in [0.2, 0.25) is 0 Å². The molecule has 1 unspecified atom stereocenters. The summed E-state index contributed by atoms with van der Waals surface area (Å²) in [6, 6.07) is 4.67. The van der Waals surface area contributed by atoms with Crippen LogP contribution in [0.4, 0.5) is 5.69 Å². The Balaban J connectivity index is 2.28. The zero-order valence-corrected chi connectivity index (χ0v) is 14.1. The van der Waals surface area contributed by atoms with E-state index in [0.717, 1.165) is 51.0 Å². The van der Waals surface area contributed by atoms with Crippen LogP contribution in [-0.2, 0) is 12.8 Å². The molecule has 0 fully saturated rings. The number of hydrogen-bond donors (Lipinski definition) is 2. The highest BCUT2D eigenvalue weighted by atomic mass is 16.1. The fraction of sp³-hybridized carbons (Fsp3) is 0.611. The predicted octanol–water partition coefficient (Wildman–Crippen LogP) is 2.49. The number of rotatable bonds is 8. The van der Waals surface area contributed by atoms with Gasteiger partial charge in [0, 0.05) is 19.1 Å². The highest BCUT2D eigenvalue weighted by molar-refractivity contribution is 6.00. The molecule has 0 spiro atoms. The van der Waals surface area contributed by atoms with Crippen LogP contribution in [0.5, 0.6) is 0 Å². The van der Waals surface area contributed by atoms with Gasteiger partial charge >= 0.3 is 0 Å². The zero-order valence-electron chi connectivity index (χ0n) is 14.1. The fourth-order valence-corrected chi connectivity index (χ4v) is 3.34. The summed E-state index contributed by atoms with van der Waals surface area (Å²) >= 11 is 0. The van der Waals surface area contributed by atoms with Crippen LogP contribution < -0.4 is 16.0 Å². The lowest BCUT2D eigenvalue weighted by Gasteiger charge is -2.22. The number of nitrogens with zero attached hydrogens (tertiary/aromatic N) is 1. The number of likely N-dealkylation sites (N-methyl/N-ethyl adjacent to an activating group) is 1. The molecule has 2 rings (SSSR count). The van der Waals surface area contributed by atoms with Crippen molar-refractivity contribution < 1.29 is 4.79 Å². The number of carbonyl (C=O) groups is 1. The quantitative estimate of drug-likeness (QED) is 0.776. The number of primary amides is 1. The topological polar surface area (TPSA) is 58.4 Å². The maximum absolute atomic E-state index is 11.9. The number of nitrogens with two attached hydrogens (primary N) is 1. The lowest BCUT2D eigenvalue weighted by molar-refractivity contribution is 0.100. The number of amides is 1. The Morgan fingerprint density at radius 2 is 2.18 bits per heavy atom. The molecule has 1 aromatic carbocycles. The third-order valence-corrected chi connectivity index (χ3v) is 4.36. The van der Waals surface area contributed by atoms with Crippen molar-refractivity contribution in [3.05, 3.63) is 28.8 Å². The van der Waals surface area contributed by atoms with E-state index in [0.29, 0.717) is 11.6 Å². The Hall–Kier alpha value is -1.55. The molecule has 0 saturated heterocycles. The van der Waals surface area contributed by atoms with Crippen molar-refractivity contribution in [2.24, 2.45) is 5.73 Å². The Bertz CT molecular complexity index is 527. The summed E-state index contributed by atoms with van der Waals surface area (Å²) in [6.07, 6.45) is 4.26. The minimum atomic E-state index is -0.308. The summed E-state index contributed by atoms with van der Waals surface area (Å²) in [5.74, 6) is -0.308. The van der Waals surface area contributed by atoms with Crippen LogP contribution in [0, 0.1) is 0 Å². The Morgan fingerprint density at radius 3 is 2.82 bits per heavy atom. The third kappa shape index (κ3) is 3.80. The largest absolute Gasteiger partial charge is 0.370 e. The first-order chi connectivity index (χ1) is 10.6. The van der Waals surface area contributed by atoms with Crippen LogP contribution >= 0.6 is 0 Å². The molecule has 1 aliphatic heterocycles. The average molecular weight is 303 g/mol. The fourth-order valence-electron chi connectivity index (χ4n) is 3.34. The molecule has 1 aromatic rings. The van der Waals surface area contributed by atoms with Gasteiger partial charge in [0.1, 0.15) is 0 Å². The lowest BCUT2D eigenvalue weighted by atomic mass is 9.98. The van der Waals surface area contributed by atoms with Crippen LogP contribution in [0.15, 0.2) is 12.1 Å². The maximum Gasteiger partial charge on any atom is 0.250 e. The molecule has 1 atom stereocenters. The van der Waals surface area contributed by atoms with Gasteiger partial charge in [-0.15, -0.1) is 0 Å². The first kappa shape index (κ1) is 16.8. The Kier molecular flexibility index (Phi) is 5.83. The van der Waals surface area contributed by atoms with E-state index in [4.69, 9.17) is 5.73 Å². The summed E-state index contributed by atoms with van der Waals surface area (Å²) < 4.78 is 0. The molecular formula is C18H29N3O. The average Bonchev–Trinajstić information content (AvgIpc) is 2.87. The molecule has 0 bridgehead atoms. The van der Waals surface area contributed by atoms with E-state index in [-0.39, 0.29) is 5.91 Å². The van der Waals surface area contributed by atoms with E-state index >= 15 is 0 Å². The summed E-state index contributed by atoms with van der Waals surface area (Å²) in [4.78, 5) is 14.3. The van der Waals surface area contributed by atoms with Crippen molar-refractivity contribution in [1.29, 1.82) is 0 Å². The molecule has 122 valence electrons. The maximum atomic E-state index is 11.9. The lowest BCUT2D eigenvalue weighted by Crippen LogP contribution is -2.28. The van der Waals surface area contributed by atoms with Gasteiger partial charge in [0.15, 0.2) is 0 Å². The number of anilines is 1. The van der Waals surface area contributed by atoms with Gasteiger partial charge in [-0.3, -0.25) is 4.79 Å². The summed E-state index contributed by atoms with van der Waals surface area (Å²) in [6.45, 7) is 9.45. The van der Waals surface area contributed by atoms with Crippen molar-refractivity contribution in [2.45, 2.75) is 52.5 Å². The molecule has 4 heteroatoms. The molecular weight excluding hydrogens is 274 g/mol. The molecule has 4 nitrogen and oxygen atoms in total. The second-order valence-electron chi connectivity index (χ2n) is 6.27. The van der Waals surface area contributed by atoms with E-state index in [1.165, 1.54) is 11.1 Å². The molecule has 0 aliphatic carbocycles. The summed E-state index contributed by atoms with van der Waals surface area (Å²) in [5, 5.41) is 3.42. The summed E-state index contributed by atoms with van der Waals surface area (Å²) in [7, 11) is 0. The standard InChI is InChI=1S/C18H29N3O/c1-4-6-8-21-9-7-15-11-14(10-13(3)20-5-2)12-16(17(15)21)18(19)22/h11-13,20H,4-10H2,1-3H3,(H2,19,22). The van der Waals surface area contributed by atoms with Gasteiger partial charge < -0.3 is 16.0 Å². The van der Waals surface area contributed by atoms with Crippen molar-refractivity contribution in [3.8, 4) is 0 Å². The van der Waals surface area contributed by atoms with Gasteiger partial charge in [0.05, 0.1) is 11.3 Å². The minimum Gasteiger partial charge on any atom is -0.370 e. The molecule has 22 heavy (non-hydrogen) atoms. The SMILES string of the molecule is CCCCN1CCc2cc(CC(C)NCC)cc(C(N)=O)c21. The highest BCUT2D eigenvalue weighted by Gasteiger charge is 2.25. The number of fused-ring (bicyclic) bond motifs is 1. The molecule has 0 saturated carbocycles. The van der Waals surface area contributed by atoms with E-state index in [1.54, 1.807) is 0 Å². The normalized spacial score (nSPS) is 15.0. The van der Waals surface area contributed by atoms with Crippen molar-refractivity contribution >= 4 is 11.6 Å². The van der Waals surface area contributed by atoms with Crippen LogP contribution in [-0.4, -0.2) is 31.6 Å². The monoisotopic (exact) mass is 303 g/mol. The van der Waals surface area contributed by atoms with E-state index in [9.17, 15) is 4.79 Å². The third-order valence-electron chi connectivity index (χ3n) is 4.36. The number of nitrogens with one attached hydrogen (secondary N) is 1. The van der Waals surface area contributed by atoms with E-state index in [1.807, 2.05) is 6.07 Å². The Labute approximate surface area is 134 Å². The van der Waals surface area contributed by atoms with Crippen molar-refractivity contribution in [2.75, 3.05) is 24.5 Å². The second kappa shape index (κ2) is 7.63. The summed E-state index contributed by atoms with van der Waals surface area (Å²) in [5.41, 5.74) is 9.93. The number of hydrogen-bond acceptors (Lipinski definition) is 3. The van der Waals surface area contributed by atoms with E-state index < -0.39 is 0 Å². The number of benzene rings is 1. The highest BCUT2D eigenvalue weighted by Crippen LogP contribution is 2.33. The number of carbonyl (C=O) groups excluding carboxylic acids is 1. The van der Waals surface area contributed by atoms with Crippen LogP contribution in [0.25, 0.3) is 0 Å².